The van der Waals surface area contributed by atoms with E-state index in [1.165, 1.54) is 6.42 Å². The molecule has 0 aromatic carbocycles. The largest absolute Gasteiger partial charge is 0.341 e. The molecule has 92 valence electrons. The molecule has 3 nitrogen and oxygen atoms in total. The van der Waals surface area contributed by atoms with Crippen LogP contribution in [0.1, 0.15) is 40.0 Å². The van der Waals surface area contributed by atoms with Crippen LogP contribution < -0.4 is 5.32 Å². The van der Waals surface area contributed by atoms with Gasteiger partial charge in [0.05, 0.1) is 5.54 Å². The SMILES string of the molecule is CC(C)C1CCN(C(=O)C2(C)CCCN2)C1. The average molecular weight is 224 g/mol. The first-order valence-electron chi connectivity index (χ1n) is 6.57. The van der Waals surface area contributed by atoms with Crippen LogP contribution in [0.25, 0.3) is 0 Å². The molecule has 0 aromatic rings. The Morgan fingerprint density at radius 2 is 2.25 bits per heavy atom. The number of carbonyl (C=O) groups excluding carboxylic acids is 1. The number of nitrogens with zero attached hydrogens (tertiary/aromatic N) is 1. The van der Waals surface area contributed by atoms with Crippen molar-refractivity contribution >= 4 is 5.91 Å². The third-order valence-corrected chi connectivity index (χ3v) is 4.30. The van der Waals surface area contributed by atoms with Gasteiger partial charge in [-0.2, -0.15) is 0 Å². The van der Waals surface area contributed by atoms with Crippen molar-refractivity contribution in [2.75, 3.05) is 19.6 Å². The number of nitrogens with one attached hydrogen (secondary N) is 1. The lowest BCUT2D eigenvalue weighted by atomic mass is 9.95. The van der Waals surface area contributed by atoms with Crippen LogP contribution in [-0.2, 0) is 4.79 Å². The van der Waals surface area contributed by atoms with Crippen molar-refractivity contribution in [1.29, 1.82) is 0 Å². The van der Waals surface area contributed by atoms with Gasteiger partial charge in [-0.05, 0) is 44.6 Å². The molecular weight excluding hydrogens is 200 g/mol. The van der Waals surface area contributed by atoms with Gasteiger partial charge in [-0.15, -0.1) is 0 Å². The molecular formula is C13H24N2O. The van der Waals surface area contributed by atoms with Crippen molar-refractivity contribution in [3.63, 3.8) is 0 Å². The van der Waals surface area contributed by atoms with E-state index < -0.39 is 0 Å². The molecule has 0 saturated carbocycles. The Balaban J connectivity index is 1.96. The normalized spacial score (nSPS) is 35.0. The maximum Gasteiger partial charge on any atom is 0.242 e. The molecule has 0 spiro atoms. The summed E-state index contributed by atoms with van der Waals surface area (Å²) in [5.74, 6) is 1.73. The van der Waals surface area contributed by atoms with Crippen molar-refractivity contribution in [3.8, 4) is 0 Å². The van der Waals surface area contributed by atoms with Crippen LogP contribution >= 0.6 is 0 Å². The van der Waals surface area contributed by atoms with E-state index >= 15 is 0 Å². The molecule has 2 heterocycles. The molecule has 2 aliphatic heterocycles. The fourth-order valence-electron chi connectivity index (χ4n) is 2.94. The summed E-state index contributed by atoms with van der Waals surface area (Å²) in [5, 5.41) is 3.36. The summed E-state index contributed by atoms with van der Waals surface area (Å²) in [6, 6.07) is 0. The second-order valence-corrected chi connectivity index (χ2v) is 5.91. The maximum atomic E-state index is 12.4. The highest BCUT2D eigenvalue weighted by Gasteiger charge is 2.41. The molecule has 1 amide bonds. The van der Waals surface area contributed by atoms with Crippen molar-refractivity contribution in [2.24, 2.45) is 11.8 Å². The van der Waals surface area contributed by atoms with Crippen LogP contribution in [0.5, 0.6) is 0 Å². The molecule has 0 aliphatic carbocycles. The van der Waals surface area contributed by atoms with Crippen LogP contribution in [0, 0.1) is 11.8 Å². The summed E-state index contributed by atoms with van der Waals surface area (Å²) in [6.07, 6.45) is 3.30. The van der Waals surface area contributed by atoms with E-state index in [9.17, 15) is 4.79 Å². The van der Waals surface area contributed by atoms with Gasteiger partial charge >= 0.3 is 0 Å². The zero-order valence-electron chi connectivity index (χ0n) is 10.8. The first-order valence-corrected chi connectivity index (χ1v) is 6.57. The Kier molecular flexibility index (Phi) is 3.24. The molecule has 1 N–H and O–H groups in total. The Morgan fingerprint density at radius 3 is 2.75 bits per heavy atom. The van der Waals surface area contributed by atoms with Crippen molar-refractivity contribution in [3.05, 3.63) is 0 Å². The first kappa shape index (κ1) is 11.9. The molecule has 2 unspecified atom stereocenters. The first-order chi connectivity index (χ1) is 7.53. The molecule has 2 fully saturated rings. The summed E-state index contributed by atoms with van der Waals surface area (Å²) in [6.45, 7) is 9.49. The minimum absolute atomic E-state index is 0.272. The van der Waals surface area contributed by atoms with Gasteiger partial charge in [0.15, 0.2) is 0 Å². The van der Waals surface area contributed by atoms with Gasteiger partial charge in [-0.25, -0.2) is 0 Å². The minimum Gasteiger partial charge on any atom is -0.341 e. The number of hydrogen-bond donors (Lipinski definition) is 1. The molecule has 0 radical (unpaired) electrons. The Hall–Kier alpha value is -0.570. The highest BCUT2D eigenvalue weighted by atomic mass is 16.2. The Morgan fingerprint density at radius 1 is 1.50 bits per heavy atom. The Labute approximate surface area is 98.6 Å². The molecule has 2 saturated heterocycles. The van der Waals surface area contributed by atoms with Crippen LogP contribution in [0.15, 0.2) is 0 Å². The van der Waals surface area contributed by atoms with Gasteiger partial charge < -0.3 is 10.2 Å². The number of amides is 1. The van der Waals surface area contributed by atoms with Crippen LogP contribution in [-0.4, -0.2) is 36.0 Å². The lowest BCUT2D eigenvalue weighted by molar-refractivity contribution is -0.136. The zero-order chi connectivity index (χ0) is 11.8. The highest BCUT2D eigenvalue weighted by molar-refractivity contribution is 5.86. The summed E-state index contributed by atoms with van der Waals surface area (Å²) < 4.78 is 0. The average Bonchev–Trinajstić information content (AvgIpc) is 2.85. The predicted molar refractivity (Wildman–Crippen MR) is 65.2 cm³/mol. The van der Waals surface area contributed by atoms with Crippen LogP contribution in [0.2, 0.25) is 0 Å². The van der Waals surface area contributed by atoms with Gasteiger partial charge in [0.25, 0.3) is 0 Å². The van der Waals surface area contributed by atoms with Crippen LogP contribution in [0.4, 0.5) is 0 Å². The van der Waals surface area contributed by atoms with E-state index in [1.54, 1.807) is 0 Å². The van der Waals surface area contributed by atoms with E-state index in [4.69, 9.17) is 0 Å². The zero-order valence-corrected chi connectivity index (χ0v) is 10.8. The lowest BCUT2D eigenvalue weighted by Crippen LogP contribution is -2.52. The fraction of sp³-hybridized carbons (Fsp3) is 0.923. The monoisotopic (exact) mass is 224 g/mol. The Bertz CT molecular complexity index is 269. The van der Waals surface area contributed by atoms with E-state index in [2.05, 4.69) is 31.0 Å². The molecule has 16 heavy (non-hydrogen) atoms. The van der Waals surface area contributed by atoms with Crippen molar-refractivity contribution in [2.45, 2.75) is 45.6 Å². The van der Waals surface area contributed by atoms with Crippen molar-refractivity contribution in [1.82, 2.24) is 10.2 Å². The molecule has 2 rings (SSSR count). The number of carbonyl (C=O) groups is 1. The molecule has 2 aliphatic rings. The van der Waals surface area contributed by atoms with E-state index in [0.717, 1.165) is 32.5 Å². The summed E-state index contributed by atoms with van der Waals surface area (Å²) in [5.41, 5.74) is -0.272. The third-order valence-electron chi connectivity index (χ3n) is 4.30. The van der Waals surface area contributed by atoms with Gasteiger partial charge in [-0.1, -0.05) is 13.8 Å². The van der Waals surface area contributed by atoms with Crippen LogP contribution in [0.3, 0.4) is 0 Å². The molecule has 2 atom stereocenters. The minimum atomic E-state index is -0.272. The van der Waals surface area contributed by atoms with Gasteiger partial charge in [0.2, 0.25) is 5.91 Å². The molecule has 0 bridgehead atoms. The predicted octanol–water partition coefficient (Wildman–Crippen LogP) is 1.63. The van der Waals surface area contributed by atoms with Gasteiger partial charge in [-0.3, -0.25) is 4.79 Å². The smallest absolute Gasteiger partial charge is 0.242 e. The second-order valence-electron chi connectivity index (χ2n) is 5.91. The van der Waals surface area contributed by atoms with Gasteiger partial charge in [0, 0.05) is 13.1 Å². The number of hydrogen-bond acceptors (Lipinski definition) is 2. The summed E-state index contributed by atoms with van der Waals surface area (Å²) in [4.78, 5) is 14.5. The van der Waals surface area contributed by atoms with E-state index in [1.807, 2.05) is 0 Å². The number of rotatable bonds is 2. The number of likely N-dealkylation sites (tertiary alicyclic amines) is 1. The maximum absolute atomic E-state index is 12.4. The summed E-state index contributed by atoms with van der Waals surface area (Å²) in [7, 11) is 0. The molecule has 3 heteroatoms. The quantitative estimate of drug-likeness (QED) is 0.773. The fourth-order valence-corrected chi connectivity index (χ4v) is 2.94. The van der Waals surface area contributed by atoms with E-state index in [-0.39, 0.29) is 5.54 Å². The highest BCUT2D eigenvalue weighted by Crippen LogP contribution is 2.28. The third kappa shape index (κ3) is 2.10. The summed E-state index contributed by atoms with van der Waals surface area (Å²) >= 11 is 0. The topological polar surface area (TPSA) is 32.3 Å². The van der Waals surface area contributed by atoms with Gasteiger partial charge in [0.1, 0.15) is 0 Å². The van der Waals surface area contributed by atoms with Crippen molar-refractivity contribution < 1.29 is 4.79 Å². The van der Waals surface area contributed by atoms with E-state index in [0.29, 0.717) is 17.7 Å². The second kappa shape index (κ2) is 4.36. The standard InChI is InChI=1S/C13H24N2O/c1-10(2)11-5-8-15(9-11)12(16)13(3)6-4-7-14-13/h10-11,14H,4-9H2,1-3H3. The lowest BCUT2D eigenvalue weighted by Gasteiger charge is -2.29. The molecule has 0 aromatic heterocycles.